The van der Waals surface area contributed by atoms with Gasteiger partial charge in [-0.3, -0.25) is 14.9 Å². The van der Waals surface area contributed by atoms with Crippen molar-refractivity contribution in [1.29, 1.82) is 5.26 Å². The number of aromatic nitrogens is 1. The second-order valence-electron chi connectivity index (χ2n) is 7.02. The summed E-state index contributed by atoms with van der Waals surface area (Å²) in [5, 5.41) is 23.2. The Kier molecular flexibility index (Phi) is 6.37. The summed E-state index contributed by atoms with van der Waals surface area (Å²) in [6, 6.07) is 15.9. The van der Waals surface area contributed by atoms with Crippen LogP contribution in [0, 0.1) is 42.2 Å². The van der Waals surface area contributed by atoms with E-state index in [2.05, 4.69) is 21.2 Å². The topological polar surface area (TPSA) is 101 Å². The fourth-order valence-corrected chi connectivity index (χ4v) is 3.54. The Balaban J connectivity index is 1.94. The molecular formula is C23H19BrN4O3. The van der Waals surface area contributed by atoms with Gasteiger partial charge in [-0.15, -0.1) is 0 Å². The Hall–Kier alpha value is -3.70. The average molecular weight is 479 g/mol. The number of nitro benzene ring substituents is 1. The molecule has 156 valence electrons. The number of carbonyl (C=O) groups excluding carboxylic acids is 1. The number of nitro groups is 1. The molecule has 0 saturated carbocycles. The lowest BCUT2D eigenvalue weighted by Crippen LogP contribution is -2.14. The van der Waals surface area contributed by atoms with Crippen LogP contribution in [-0.4, -0.2) is 15.4 Å². The molecule has 1 heterocycles. The highest BCUT2D eigenvalue weighted by Gasteiger charge is 2.16. The molecule has 0 aliphatic heterocycles. The number of nitrogens with one attached hydrogen (secondary N) is 1. The Labute approximate surface area is 187 Å². The van der Waals surface area contributed by atoms with Crippen molar-refractivity contribution in [3.05, 3.63) is 91.2 Å². The molecule has 7 nitrogen and oxygen atoms in total. The summed E-state index contributed by atoms with van der Waals surface area (Å²) in [5.74, 6) is -0.625. The van der Waals surface area contributed by atoms with Crippen molar-refractivity contribution in [2.75, 3.05) is 5.32 Å². The quantitative estimate of drug-likeness (QED) is 0.222. The monoisotopic (exact) mass is 478 g/mol. The largest absolute Gasteiger partial charge is 0.321 e. The lowest BCUT2D eigenvalue weighted by Gasteiger charge is -2.10. The van der Waals surface area contributed by atoms with E-state index in [1.54, 1.807) is 13.0 Å². The third-order valence-electron chi connectivity index (χ3n) is 4.90. The van der Waals surface area contributed by atoms with E-state index in [0.717, 1.165) is 27.1 Å². The van der Waals surface area contributed by atoms with Crippen molar-refractivity contribution < 1.29 is 9.72 Å². The number of amides is 1. The smallest absolute Gasteiger partial charge is 0.271 e. The summed E-state index contributed by atoms with van der Waals surface area (Å²) < 4.78 is 3.01. The first-order valence-electron chi connectivity index (χ1n) is 9.34. The van der Waals surface area contributed by atoms with Crippen LogP contribution < -0.4 is 5.32 Å². The van der Waals surface area contributed by atoms with Gasteiger partial charge < -0.3 is 9.88 Å². The molecule has 1 amide bonds. The number of aryl methyl sites for hydroxylation is 2. The highest BCUT2D eigenvalue weighted by atomic mass is 79.9. The van der Waals surface area contributed by atoms with Crippen LogP contribution in [0.4, 0.5) is 11.4 Å². The van der Waals surface area contributed by atoms with Crippen LogP contribution in [-0.2, 0) is 4.79 Å². The highest BCUT2D eigenvalue weighted by Crippen LogP contribution is 2.25. The molecular weight excluding hydrogens is 460 g/mol. The summed E-state index contributed by atoms with van der Waals surface area (Å²) in [5.41, 5.74) is 4.26. The molecule has 0 spiro atoms. The number of hydrogen-bond acceptors (Lipinski definition) is 4. The van der Waals surface area contributed by atoms with E-state index >= 15 is 0 Å². The molecule has 31 heavy (non-hydrogen) atoms. The van der Waals surface area contributed by atoms with Gasteiger partial charge >= 0.3 is 0 Å². The van der Waals surface area contributed by atoms with Crippen molar-refractivity contribution in [3.8, 4) is 11.8 Å². The third-order valence-corrected chi connectivity index (χ3v) is 5.43. The molecule has 0 aliphatic carbocycles. The minimum atomic E-state index is -0.625. The van der Waals surface area contributed by atoms with Gasteiger partial charge in [0.1, 0.15) is 11.6 Å². The van der Waals surface area contributed by atoms with Gasteiger partial charge in [-0.05, 0) is 68.3 Å². The highest BCUT2D eigenvalue weighted by molar-refractivity contribution is 9.10. The zero-order valence-electron chi connectivity index (χ0n) is 17.1. The normalized spacial score (nSPS) is 11.1. The molecule has 3 rings (SSSR count). The van der Waals surface area contributed by atoms with Crippen LogP contribution in [0.25, 0.3) is 11.8 Å². The van der Waals surface area contributed by atoms with Crippen LogP contribution in [0.3, 0.4) is 0 Å². The molecule has 0 bridgehead atoms. The van der Waals surface area contributed by atoms with Crippen LogP contribution >= 0.6 is 15.9 Å². The number of carbonyl (C=O) groups is 1. The van der Waals surface area contributed by atoms with Crippen LogP contribution in [0.15, 0.2) is 58.6 Å². The van der Waals surface area contributed by atoms with Crippen molar-refractivity contribution in [2.45, 2.75) is 20.8 Å². The first kappa shape index (κ1) is 22.0. The van der Waals surface area contributed by atoms with E-state index < -0.39 is 10.8 Å². The summed E-state index contributed by atoms with van der Waals surface area (Å²) >= 11 is 3.43. The van der Waals surface area contributed by atoms with Gasteiger partial charge in [0.05, 0.1) is 10.6 Å². The van der Waals surface area contributed by atoms with Gasteiger partial charge in [0.25, 0.3) is 11.6 Å². The number of anilines is 1. The summed E-state index contributed by atoms with van der Waals surface area (Å²) in [4.78, 5) is 23.2. The maximum absolute atomic E-state index is 12.7. The fraction of sp³-hybridized carbons (Fsp3) is 0.130. The van der Waals surface area contributed by atoms with E-state index in [0.29, 0.717) is 11.3 Å². The number of benzene rings is 2. The maximum atomic E-state index is 12.7. The number of non-ortho nitro benzene ring substituents is 1. The Morgan fingerprint density at radius 2 is 1.84 bits per heavy atom. The van der Waals surface area contributed by atoms with E-state index in [1.807, 2.05) is 54.8 Å². The van der Waals surface area contributed by atoms with Crippen molar-refractivity contribution >= 4 is 39.3 Å². The Morgan fingerprint density at radius 1 is 1.16 bits per heavy atom. The van der Waals surface area contributed by atoms with Crippen molar-refractivity contribution in [1.82, 2.24) is 4.57 Å². The van der Waals surface area contributed by atoms with Crippen molar-refractivity contribution in [3.63, 3.8) is 0 Å². The first-order chi connectivity index (χ1) is 14.7. The molecule has 0 radical (unpaired) electrons. The zero-order valence-corrected chi connectivity index (χ0v) is 18.7. The first-order valence-corrected chi connectivity index (χ1v) is 10.1. The van der Waals surface area contributed by atoms with E-state index in [1.165, 1.54) is 18.2 Å². The average Bonchev–Trinajstić information content (AvgIpc) is 3.01. The van der Waals surface area contributed by atoms with Crippen LogP contribution in [0.2, 0.25) is 0 Å². The number of halogens is 1. The summed E-state index contributed by atoms with van der Waals surface area (Å²) in [6.45, 7) is 5.59. The number of hydrogen-bond donors (Lipinski definition) is 1. The Morgan fingerprint density at radius 3 is 2.45 bits per heavy atom. The van der Waals surface area contributed by atoms with E-state index in [9.17, 15) is 20.2 Å². The molecule has 1 N–H and O–H groups in total. The second kappa shape index (κ2) is 8.98. The lowest BCUT2D eigenvalue weighted by molar-refractivity contribution is -0.384. The van der Waals surface area contributed by atoms with E-state index in [4.69, 9.17) is 0 Å². The molecule has 0 saturated heterocycles. The SMILES string of the molecule is Cc1ccc([N+](=O)[O-])cc1NC(=O)/C(C#N)=C/c1cc(C)n(-c2ccc(Br)cc2)c1C. The van der Waals surface area contributed by atoms with Crippen LogP contribution in [0.5, 0.6) is 0 Å². The maximum Gasteiger partial charge on any atom is 0.271 e. The molecule has 8 heteroatoms. The molecule has 3 aromatic rings. The predicted molar refractivity (Wildman–Crippen MR) is 123 cm³/mol. The molecule has 0 atom stereocenters. The predicted octanol–water partition coefficient (Wildman–Crippen LogP) is 5.62. The van der Waals surface area contributed by atoms with Gasteiger partial charge in [-0.25, -0.2) is 0 Å². The minimum absolute atomic E-state index is 0.0954. The number of nitrogens with zero attached hydrogens (tertiary/aromatic N) is 3. The minimum Gasteiger partial charge on any atom is -0.321 e. The van der Waals surface area contributed by atoms with Crippen LogP contribution in [0.1, 0.15) is 22.5 Å². The van der Waals surface area contributed by atoms with Crippen molar-refractivity contribution in [2.24, 2.45) is 0 Å². The van der Waals surface area contributed by atoms with E-state index in [-0.39, 0.29) is 11.3 Å². The van der Waals surface area contributed by atoms with Gasteiger partial charge in [0, 0.05) is 33.7 Å². The molecule has 1 aromatic heterocycles. The summed E-state index contributed by atoms with van der Waals surface area (Å²) in [6.07, 6.45) is 1.53. The fourth-order valence-electron chi connectivity index (χ4n) is 3.27. The molecule has 0 aliphatic rings. The second-order valence-corrected chi connectivity index (χ2v) is 7.93. The molecule has 0 unspecified atom stereocenters. The Bertz CT molecular complexity index is 1250. The van der Waals surface area contributed by atoms with Gasteiger partial charge in [-0.2, -0.15) is 5.26 Å². The number of nitriles is 1. The van der Waals surface area contributed by atoms with Gasteiger partial charge in [0.2, 0.25) is 0 Å². The lowest BCUT2D eigenvalue weighted by atomic mass is 10.1. The number of rotatable bonds is 5. The standard InChI is InChI=1S/C23H19BrN4O3/c1-14-4-7-21(28(30)31)12-22(14)26-23(29)18(13-25)11-17-10-15(2)27(16(17)3)20-8-5-19(24)6-9-20/h4-12H,1-3H3,(H,26,29)/b18-11+. The van der Waals surface area contributed by atoms with Gasteiger partial charge in [0.15, 0.2) is 0 Å². The zero-order chi connectivity index (χ0) is 22.7. The third kappa shape index (κ3) is 4.73. The molecule has 2 aromatic carbocycles. The summed E-state index contributed by atoms with van der Waals surface area (Å²) in [7, 11) is 0. The molecule has 0 fully saturated rings. The van der Waals surface area contributed by atoms with Gasteiger partial charge in [-0.1, -0.05) is 22.0 Å².